The lowest BCUT2D eigenvalue weighted by Gasteiger charge is -2.30. The summed E-state index contributed by atoms with van der Waals surface area (Å²) in [5.41, 5.74) is 0.796. The maximum Gasteiger partial charge on any atom is 0.573 e. The number of nitrogens with zero attached hydrogens (tertiary/aromatic N) is 4. The SMILES string of the molecule is CN(Cc1ccc(OC(F)(F)F)cc1)[C@@H]1COc2nc([N+](=O)[O-])cn2C1. The van der Waals surface area contributed by atoms with Crippen molar-refractivity contribution in [1.29, 1.82) is 0 Å². The number of aromatic nitrogens is 2. The van der Waals surface area contributed by atoms with Crippen LogP contribution >= 0.6 is 0 Å². The maximum atomic E-state index is 12.2. The average Bonchev–Trinajstić information content (AvgIpc) is 2.98. The first-order valence-electron chi connectivity index (χ1n) is 7.60. The number of benzene rings is 1. The summed E-state index contributed by atoms with van der Waals surface area (Å²) in [4.78, 5) is 15.9. The highest BCUT2D eigenvalue weighted by Gasteiger charge is 2.31. The van der Waals surface area contributed by atoms with Crippen molar-refractivity contribution in [1.82, 2.24) is 14.5 Å². The summed E-state index contributed by atoms with van der Waals surface area (Å²) in [6.45, 7) is 1.23. The van der Waals surface area contributed by atoms with Crippen LogP contribution in [-0.4, -0.2) is 45.4 Å². The third-order valence-electron chi connectivity index (χ3n) is 3.94. The van der Waals surface area contributed by atoms with Gasteiger partial charge in [0, 0.05) is 18.1 Å². The molecule has 1 atom stereocenters. The zero-order chi connectivity index (χ0) is 18.9. The van der Waals surface area contributed by atoms with Crippen LogP contribution in [-0.2, 0) is 13.1 Å². The van der Waals surface area contributed by atoms with Gasteiger partial charge in [0.05, 0.1) is 6.04 Å². The van der Waals surface area contributed by atoms with Gasteiger partial charge in [-0.25, -0.2) is 0 Å². The normalized spacial score (nSPS) is 16.9. The van der Waals surface area contributed by atoms with Crippen LogP contribution in [0, 0.1) is 10.1 Å². The number of rotatable bonds is 5. The van der Waals surface area contributed by atoms with E-state index in [4.69, 9.17) is 4.74 Å². The molecule has 0 fully saturated rings. The Balaban J connectivity index is 1.61. The van der Waals surface area contributed by atoms with Crippen LogP contribution < -0.4 is 9.47 Å². The molecule has 11 heteroatoms. The molecule has 0 unspecified atom stereocenters. The quantitative estimate of drug-likeness (QED) is 0.593. The van der Waals surface area contributed by atoms with Crippen molar-refractivity contribution in [2.75, 3.05) is 13.7 Å². The molecule has 0 aliphatic carbocycles. The van der Waals surface area contributed by atoms with Gasteiger partial charge in [-0.05, 0) is 29.7 Å². The molecule has 1 aliphatic heterocycles. The van der Waals surface area contributed by atoms with Gasteiger partial charge in [-0.15, -0.1) is 13.2 Å². The summed E-state index contributed by atoms with van der Waals surface area (Å²) in [5.74, 6) is -0.552. The monoisotopic (exact) mass is 372 g/mol. The number of alkyl halides is 3. The molecule has 0 spiro atoms. The fourth-order valence-electron chi connectivity index (χ4n) is 2.65. The van der Waals surface area contributed by atoms with Gasteiger partial charge >= 0.3 is 18.2 Å². The van der Waals surface area contributed by atoms with Crippen molar-refractivity contribution in [3.63, 3.8) is 0 Å². The van der Waals surface area contributed by atoms with Crippen LogP contribution in [0.2, 0.25) is 0 Å². The van der Waals surface area contributed by atoms with Crippen LogP contribution in [0.5, 0.6) is 11.8 Å². The first-order chi connectivity index (χ1) is 12.2. The predicted molar refractivity (Wildman–Crippen MR) is 82.8 cm³/mol. The number of likely N-dealkylation sites (N-methyl/N-ethyl adjacent to an activating group) is 1. The van der Waals surface area contributed by atoms with E-state index in [0.29, 0.717) is 19.7 Å². The van der Waals surface area contributed by atoms with Gasteiger partial charge < -0.3 is 19.6 Å². The fraction of sp³-hybridized carbons (Fsp3) is 0.400. The van der Waals surface area contributed by atoms with Gasteiger partial charge in [-0.2, -0.15) is 0 Å². The van der Waals surface area contributed by atoms with Crippen LogP contribution in [0.3, 0.4) is 0 Å². The van der Waals surface area contributed by atoms with Gasteiger partial charge in [0.2, 0.25) is 0 Å². The summed E-state index contributed by atoms with van der Waals surface area (Å²) >= 11 is 0. The van der Waals surface area contributed by atoms with Gasteiger partial charge in [-0.3, -0.25) is 9.47 Å². The number of imidazole rings is 1. The van der Waals surface area contributed by atoms with E-state index in [2.05, 4.69) is 9.72 Å². The third-order valence-corrected chi connectivity index (χ3v) is 3.94. The highest BCUT2D eigenvalue weighted by atomic mass is 19.4. The van der Waals surface area contributed by atoms with Crippen molar-refractivity contribution in [2.24, 2.45) is 0 Å². The molecule has 8 nitrogen and oxygen atoms in total. The molecule has 0 bridgehead atoms. The Labute approximate surface area is 145 Å². The topological polar surface area (TPSA) is 82.7 Å². The summed E-state index contributed by atoms with van der Waals surface area (Å²) in [5, 5.41) is 10.8. The molecule has 26 heavy (non-hydrogen) atoms. The lowest BCUT2D eigenvalue weighted by molar-refractivity contribution is -0.389. The summed E-state index contributed by atoms with van der Waals surface area (Å²) in [7, 11) is 1.84. The molecule has 0 amide bonds. The van der Waals surface area contributed by atoms with Crippen molar-refractivity contribution in [2.45, 2.75) is 25.5 Å². The van der Waals surface area contributed by atoms with Crippen LogP contribution in [0.4, 0.5) is 19.0 Å². The van der Waals surface area contributed by atoms with Crippen molar-refractivity contribution < 1.29 is 27.6 Å². The standard InChI is InChI=1S/C15H15F3N4O4/c1-20(6-10-2-4-12(5-3-10)26-15(16,17)18)11-7-21-8-13(22(23)24)19-14(21)25-9-11/h2-5,8,11H,6-7,9H2,1H3/t11-/m0/s1. The van der Waals surface area contributed by atoms with Crippen LogP contribution in [0.25, 0.3) is 0 Å². The summed E-state index contributed by atoms with van der Waals surface area (Å²) in [6.07, 6.45) is -3.40. The number of nitro groups is 1. The highest BCUT2D eigenvalue weighted by molar-refractivity contribution is 5.27. The minimum atomic E-state index is -4.72. The lowest BCUT2D eigenvalue weighted by atomic mass is 10.1. The van der Waals surface area contributed by atoms with Crippen molar-refractivity contribution in [3.8, 4) is 11.8 Å². The Morgan fingerprint density at radius 1 is 1.42 bits per heavy atom. The highest BCUT2D eigenvalue weighted by Crippen LogP contribution is 2.25. The Kier molecular flexibility index (Phi) is 4.72. The van der Waals surface area contributed by atoms with Crippen LogP contribution in [0.15, 0.2) is 30.5 Å². The van der Waals surface area contributed by atoms with Gasteiger partial charge in [0.15, 0.2) is 0 Å². The molecule has 1 aromatic heterocycles. The van der Waals surface area contributed by atoms with Gasteiger partial charge in [0.1, 0.15) is 18.6 Å². The van der Waals surface area contributed by atoms with E-state index in [1.54, 1.807) is 16.7 Å². The molecule has 3 rings (SSSR count). The second-order valence-corrected chi connectivity index (χ2v) is 5.86. The Morgan fingerprint density at radius 2 is 2.12 bits per heavy atom. The molecular weight excluding hydrogens is 357 g/mol. The van der Waals surface area contributed by atoms with Crippen molar-refractivity contribution >= 4 is 5.82 Å². The number of hydrogen-bond donors (Lipinski definition) is 0. The smallest absolute Gasteiger partial charge is 0.444 e. The molecule has 140 valence electrons. The minimum Gasteiger partial charge on any atom is -0.444 e. The van der Waals surface area contributed by atoms with Crippen molar-refractivity contribution in [3.05, 3.63) is 46.1 Å². The van der Waals surface area contributed by atoms with E-state index in [0.717, 1.165) is 5.56 Å². The van der Waals surface area contributed by atoms with Gasteiger partial charge in [-0.1, -0.05) is 12.1 Å². The summed E-state index contributed by atoms with van der Waals surface area (Å²) < 4.78 is 47.4. The Morgan fingerprint density at radius 3 is 2.73 bits per heavy atom. The molecule has 2 heterocycles. The van der Waals surface area contributed by atoms with E-state index < -0.39 is 11.3 Å². The number of fused-ring (bicyclic) bond motifs is 1. The van der Waals surface area contributed by atoms with E-state index in [-0.39, 0.29) is 23.6 Å². The number of hydrogen-bond acceptors (Lipinski definition) is 6. The molecular formula is C15H15F3N4O4. The molecule has 0 saturated carbocycles. The number of ether oxygens (including phenoxy) is 2. The minimum absolute atomic E-state index is 0.0672. The maximum absolute atomic E-state index is 12.2. The molecule has 2 aromatic rings. The lowest BCUT2D eigenvalue weighted by Crippen LogP contribution is -2.42. The fourth-order valence-corrected chi connectivity index (χ4v) is 2.65. The van der Waals surface area contributed by atoms with E-state index in [1.807, 2.05) is 11.9 Å². The first-order valence-corrected chi connectivity index (χ1v) is 7.60. The molecule has 0 radical (unpaired) electrons. The Bertz CT molecular complexity index is 791. The molecule has 1 aliphatic rings. The van der Waals surface area contributed by atoms with E-state index in [1.165, 1.54) is 18.3 Å². The molecule has 1 aromatic carbocycles. The largest absolute Gasteiger partial charge is 0.573 e. The second kappa shape index (κ2) is 6.83. The zero-order valence-corrected chi connectivity index (χ0v) is 13.6. The predicted octanol–water partition coefficient (Wildman–Crippen LogP) is 2.58. The molecule has 0 N–H and O–H groups in total. The van der Waals surface area contributed by atoms with Gasteiger partial charge in [0.25, 0.3) is 0 Å². The first kappa shape index (κ1) is 18.0. The third kappa shape index (κ3) is 4.23. The zero-order valence-electron chi connectivity index (χ0n) is 13.6. The van der Waals surface area contributed by atoms with E-state index in [9.17, 15) is 23.3 Å². The van der Waals surface area contributed by atoms with Crippen LogP contribution in [0.1, 0.15) is 5.56 Å². The average molecular weight is 372 g/mol. The van der Waals surface area contributed by atoms with E-state index >= 15 is 0 Å². The molecule has 0 saturated heterocycles. The summed E-state index contributed by atoms with van der Waals surface area (Å²) in [6, 6.07) is 5.75. The Hall–Kier alpha value is -2.82. The second-order valence-electron chi connectivity index (χ2n) is 5.86. The number of halogens is 3.